The van der Waals surface area contributed by atoms with Gasteiger partial charge in [-0.3, -0.25) is 9.00 Å². The lowest BCUT2D eigenvalue weighted by Gasteiger charge is -2.17. The summed E-state index contributed by atoms with van der Waals surface area (Å²) in [5.74, 6) is -1.49. The molecule has 124 valence electrons. The molecule has 0 aliphatic carbocycles. The molecule has 1 rings (SSSR count). The van der Waals surface area contributed by atoms with Gasteiger partial charge in [-0.25, -0.2) is 8.78 Å². The summed E-state index contributed by atoms with van der Waals surface area (Å²) in [7, 11) is -1.26. The van der Waals surface area contributed by atoms with Crippen LogP contribution in [-0.2, 0) is 22.0 Å². The van der Waals surface area contributed by atoms with Gasteiger partial charge in [-0.2, -0.15) is 0 Å². The van der Waals surface area contributed by atoms with Crippen LogP contribution in [0.4, 0.5) is 8.78 Å². The molecule has 1 aromatic rings. The van der Waals surface area contributed by atoms with Gasteiger partial charge < -0.3 is 5.32 Å². The van der Waals surface area contributed by atoms with Gasteiger partial charge >= 0.3 is 0 Å². The van der Waals surface area contributed by atoms with E-state index in [4.69, 9.17) is 0 Å². The molecule has 3 nitrogen and oxygen atoms in total. The zero-order chi connectivity index (χ0) is 16.9. The average molecular weight is 331 g/mol. The molecule has 1 amide bonds. The second-order valence-corrected chi connectivity index (χ2v) is 7.64. The predicted molar refractivity (Wildman–Crippen MR) is 85.0 cm³/mol. The molecule has 0 unspecified atom stereocenters. The van der Waals surface area contributed by atoms with E-state index in [9.17, 15) is 17.8 Å². The predicted octanol–water partition coefficient (Wildman–Crippen LogP) is 2.81. The van der Waals surface area contributed by atoms with Gasteiger partial charge in [0, 0.05) is 27.7 Å². The second-order valence-electron chi connectivity index (χ2n) is 5.85. The van der Waals surface area contributed by atoms with Crippen molar-refractivity contribution >= 4 is 16.7 Å². The van der Waals surface area contributed by atoms with Crippen LogP contribution in [0.2, 0.25) is 0 Å². The molecule has 1 aromatic carbocycles. The zero-order valence-electron chi connectivity index (χ0n) is 13.4. The summed E-state index contributed by atoms with van der Waals surface area (Å²) in [6.07, 6.45) is 0.0522. The lowest BCUT2D eigenvalue weighted by atomic mass is 10.1. The number of hydrogen-bond donors (Lipinski definition) is 1. The summed E-state index contributed by atoms with van der Waals surface area (Å²) in [5, 5.41) is 2.56. The molecule has 0 aliphatic rings. The third kappa shape index (κ3) is 5.48. The summed E-state index contributed by atoms with van der Waals surface area (Å²) >= 11 is 0. The highest BCUT2D eigenvalue weighted by Crippen LogP contribution is 2.14. The summed E-state index contributed by atoms with van der Waals surface area (Å²) in [5.41, 5.74) is -0.0491. The van der Waals surface area contributed by atoms with Crippen LogP contribution < -0.4 is 5.32 Å². The Morgan fingerprint density at radius 2 is 1.73 bits per heavy atom. The van der Waals surface area contributed by atoms with Gasteiger partial charge in [-0.05, 0) is 31.4 Å². The fourth-order valence-corrected chi connectivity index (χ4v) is 3.18. The second kappa shape index (κ2) is 8.36. The Balaban J connectivity index is 2.56. The number of carbonyl (C=O) groups is 1. The van der Waals surface area contributed by atoms with Gasteiger partial charge in [0.2, 0.25) is 5.91 Å². The van der Waals surface area contributed by atoms with Gasteiger partial charge in [-0.15, -0.1) is 0 Å². The van der Waals surface area contributed by atoms with Crippen LogP contribution in [0.15, 0.2) is 18.2 Å². The molecule has 3 atom stereocenters. The van der Waals surface area contributed by atoms with Gasteiger partial charge in [-0.1, -0.05) is 26.8 Å². The molecular weight excluding hydrogens is 308 g/mol. The Kier molecular flexibility index (Phi) is 7.13. The fourth-order valence-electron chi connectivity index (χ4n) is 1.97. The van der Waals surface area contributed by atoms with E-state index in [1.807, 2.05) is 20.8 Å². The summed E-state index contributed by atoms with van der Waals surface area (Å²) in [4.78, 5) is 11.9. The maximum atomic E-state index is 13.6. The third-order valence-electron chi connectivity index (χ3n) is 3.61. The van der Waals surface area contributed by atoms with E-state index in [1.54, 1.807) is 6.92 Å². The molecule has 6 heteroatoms. The number of carbonyl (C=O) groups excluding carboxylic acids is 1. The Morgan fingerprint density at radius 1 is 1.18 bits per heavy atom. The third-order valence-corrected chi connectivity index (χ3v) is 5.53. The van der Waals surface area contributed by atoms with E-state index in [0.717, 1.165) is 0 Å². The lowest BCUT2D eigenvalue weighted by molar-refractivity contribution is -0.119. The van der Waals surface area contributed by atoms with Crippen molar-refractivity contribution in [3.05, 3.63) is 35.4 Å². The molecule has 0 fully saturated rings. The Hall–Kier alpha value is -1.30. The first-order valence-electron chi connectivity index (χ1n) is 7.31. The lowest BCUT2D eigenvalue weighted by Crippen LogP contribution is -2.38. The molecule has 0 spiro atoms. The van der Waals surface area contributed by atoms with Crippen LogP contribution >= 0.6 is 0 Å². The van der Waals surface area contributed by atoms with Crippen LogP contribution in [0.25, 0.3) is 0 Å². The maximum absolute atomic E-state index is 13.6. The highest BCUT2D eigenvalue weighted by molar-refractivity contribution is 7.86. The highest BCUT2D eigenvalue weighted by Gasteiger charge is 2.20. The molecule has 0 heterocycles. The van der Waals surface area contributed by atoms with Gasteiger partial charge in [0.1, 0.15) is 17.4 Å². The van der Waals surface area contributed by atoms with Crippen molar-refractivity contribution in [2.75, 3.05) is 5.75 Å². The minimum atomic E-state index is -1.26. The van der Waals surface area contributed by atoms with E-state index in [0.29, 0.717) is 0 Å². The van der Waals surface area contributed by atoms with E-state index < -0.39 is 28.5 Å². The van der Waals surface area contributed by atoms with Gasteiger partial charge in [0.05, 0.1) is 0 Å². The van der Waals surface area contributed by atoms with Crippen molar-refractivity contribution in [1.82, 2.24) is 5.32 Å². The molecule has 0 saturated heterocycles. The van der Waals surface area contributed by atoms with Crippen LogP contribution in [-0.4, -0.2) is 27.2 Å². The zero-order valence-corrected chi connectivity index (χ0v) is 14.2. The summed E-state index contributed by atoms with van der Waals surface area (Å²) < 4.78 is 39.1. The minimum Gasteiger partial charge on any atom is -0.353 e. The SMILES string of the molecule is CC(C)[C@@H](C)[S@@](=O)CC(=O)N[C@H](C)Cc1c(F)cccc1F. The highest BCUT2D eigenvalue weighted by atomic mass is 32.2. The Bertz CT molecular complexity index is 529. The monoisotopic (exact) mass is 331 g/mol. The number of halogens is 2. The maximum Gasteiger partial charge on any atom is 0.232 e. The molecule has 0 radical (unpaired) electrons. The van der Waals surface area contributed by atoms with E-state index in [1.165, 1.54) is 18.2 Å². The summed E-state index contributed by atoms with van der Waals surface area (Å²) in [6.45, 7) is 7.40. The molecular formula is C16H23F2NO2S. The Labute approximate surface area is 132 Å². The van der Waals surface area contributed by atoms with E-state index in [-0.39, 0.29) is 34.8 Å². The molecule has 22 heavy (non-hydrogen) atoms. The van der Waals surface area contributed by atoms with Crippen LogP contribution in [0, 0.1) is 17.6 Å². The molecule has 0 aliphatic heterocycles. The number of rotatable bonds is 7. The van der Waals surface area contributed by atoms with Crippen LogP contribution in [0.5, 0.6) is 0 Å². The van der Waals surface area contributed by atoms with Crippen molar-refractivity contribution in [2.24, 2.45) is 5.92 Å². The standard InChI is InChI=1S/C16H23F2NO2S/c1-10(2)12(4)22(21)9-16(20)19-11(3)8-13-14(17)6-5-7-15(13)18/h5-7,10-12H,8-9H2,1-4H3,(H,19,20)/t11-,12-,22+/m1/s1. The molecule has 0 bridgehead atoms. The van der Waals surface area contributed by atoms with Crippen molar-refractivity contribution in [3.8, 4) is 0 Å². The summed E-state index contributed by atoms with van der Waals surface area (Å²) in [6, 6.07) is 3.23. The van der Waals surface area contributed by atoms with E-state index in [2.05, 4.69) is 5.32 Å². The number of amides is 1. The normalized spacial score (nSPS) is 15.4. The quantitative estimate of drug-likeness (QED) is 0.835. The van der Waals surface area contributed by atoms with Crippen molar-refractivity contribution < 1.29 is 17.8 Å². The fraction of sp³-hybridized carbons (Fsp3) is 0.562. The first-order valence-corrected chi connectivity index (χ1v) is 8.70. The topological polar surface area (TPSA) is 46.2 Å². The average Bonchev–Trinajstić information content (AvgIpc) is 2.41. The first-order chi connectivity index (χ1) is 10.2. The van der Waals surface area contributed by atoms with E-state index >= 15 is 0 Å². The van der Waals surface area contributed by atoms with Crippen molar-refractivity contribution in [3.63, 3.8) is 0 Å². The van der Waals surface area contributed by atoms with Crippen LogP contribution in [0.3, 0.4) is 0 Å². The Morgan fingerprint density at radius 3 is 2.23 bits per heavy atom. The largest absolute Gasteiger partial charge is 0.353 e. The minimum absolute atomic E-state index is 0.0491. The number of nitrogens with one attached hydrogen (secondary N) is 1. The molecule has 0 aromatic heterocycles. The van der Waals surface area contributed by atoms with Gasteiger partial charge in [0.15, 0.2) is 0 Å². The molecule has 0 saturated carbocycles. The first kappa shape index (κ1) is 18.7. The number of benzene rings is 1. The van der Waals surface area contributed by atoms with Gasteiger partial charge in [0.25, 0.3) is 0 Å². The van der Waals surface area contributed by atoms with Crippen molar-refractivity contribution in [1.29, 1.82) is 0 Å². The van der Waals surface area contributed by atoms with Crippen molar-refractivity contribution in [2.45, 2.75) is 45.4 Å². The number of hydrogen-bond acceptors (Lipinski definition) is 2. The van der Waals surface area contributed by atoms with Crippen LogP contribution in [0.1, 0.15) is 33.3 Å². The smallest absolute Gasteiger partial charge is 0.232 e. The molecule has 1 N–H and O–H groups in total.